The average Bonchev–Trinajstić information content (AvgIpc) is 2.51. The third kappa shape index (κ3) is 4.94. The predicted octanol–water partition coefficient (Wildman–Crippen LogP) is 5.07. The fraction of sp³-hybridized carbons (Fsp3) is 0.500. The van der Waals surface area contributed by atoms with Crippen molar-refractivity contribution in [1.82, 2.24) is 0 Å². The highest BCUT2D eigenvalue weighted by Gasteiger charge is 2.38. The quantitative estimate of drug-likeness (QED) is 0.495. The number of hydrogen-bond donors (Lipinski definition) is 0. The summed E-state index contributed by atoms with van der Waals surface area (Å²) in [5.41, 5.74) is 0.297. The van der Waals surface area contributed by atoms with Crippen LogP contribution in [0.4, 0.5) is 0 Å². The molecule has 0 bridgehead atoms. The summed E-state index contributed by atoms with van der Waals surface area (Å²) in [6, 6.07) is 13.0. The Kier molecular flexibility index (Phi) is 6.56. The molecule has 1 aromatic carbocycles. The molecule has 0 atom stereocenters. The number of rotatable bonds is 8. The van der Waals surface area contributed by atoms with E-state index in [0.29, 0.717) is 0 Å². The van der Waals surface area contributed by atoms with E-state index in [0.717, 1.165) is 23.7 Å². The largest absolute Gasteiger partial charge is 0.405 e. The second-order valence-electron chi connectivity index (χ2n) is 5.96. The molecule has 0 spiro atoms. The lowest BCUT2D eigenvalue weighted by molar-refractivity contribution is -0.127. The van der Waals surface area contributed by atoms with Crippen LogP contribution in [-0.4, -0.2) is 19.7 Å². The average molecular weight is 305 g/mol. The van der Waals surface area contributed by atoms with Crippen molar-refractivity contribution in [3.8, 4) is 0 Å². The van der Waals surface area contributed by atoms with Crippen LogP contribution in [0.25, 0.3) is 6.08 Å². The molecule has 0 saturated carbocycles. The van der Waals surface area contributed by atoms with Crippen LogP contribution in [0.3, 0.4) is 0 Å². The molecule has 1 rings (SSSR count). The van der Waals surface area contributed by atoms with E-state index in [9.17, 15) is 4.79 Å². The van der Waals surface area contributed by atoms with Gasteiger partial charge < -0.3 is 4.43 Å². The van der Waals surface area contributed by atoms with Crippen molar-refractivity contribution in [3.05, 3.63) is 42.0 Å². The fourth-order valence-electron chi connectivity index (χ4n) is 2.49. The van der Waals surface area contributed by atoms with Gasteiger partial charge in [-0.05, 0) is 43.6 Å². The highest BCUT2D eigenvalue weighted by molar-refractivity contribution is 6.73. The number of benzene rings is 1. The summed E-state index contributed by atoms with van der Waals surface area (Å²) in [5.74, 6) is 0.0404. The minimum Gasteiger partial charge on any atom is -0.405 e. The van der Waals surface area contributed by atoms with E-state index in [4.69, 9.17) is 4.43 Å². The van der Waals surface area contributed by atoms with Gasteiger partial charge in [0.2, 0.25) is 0 Å². The molecule has 0 aliphatic rings. The first kappa shape index (κ1) is 17.9. The van der Waals surface area contributed by atoms with Crippen LogP contribution in [0, 0.1) is 0 Å². The Labute approximate surface area is 130 Å². The van der Waals surface area contributed by atoms with Crippen molar-refractivity contribution in [3.63, 3.8) is 0 Å². The molecule has 0 radical (unpaired) electrons. The van der Waals surface area contributed by atoms with Gasteiger partial charge in [0.15, 0.2) is 14.1 Å². The maximum absolute atomic E-state index is 12.5. The summed E-state index contributed by atoms with van der Waals surface area (Å²) in [7, 11) is -1.78. The highest BCUT2D eigenvalue weighted by atomic mass is 28.4. The zero-order valence-electron chi connectivity index (χ0n) is 14.0. The smallest absolute Gasteiger partial charge is 0.193 e. The Balaban J connectivity index is 2.82. The summed E-state index contributed by atoms with van der Waals surface area (Å²) >= 11 is 0. The lowest BCUT2D eigenvalue weighted by Gasteiger charge is -2.36. The Morgan fingerprint density at radius 2 is 1.62 bits per heavy atom. The van der Waals surface area contributed by atoms with Crippen LogP contribution in [0.15, 0.2) is 36.4 Å². The Morgan fingerprint density at radius 3 is 2.10 bits per heavy atom. The molecule has 0 aliphatic heterocycles. The van der Waals surface area contributed by atoms with E-state index in [1.807, 2.05) is 50.3 Å². The van der Waals surface area contributed by atoms with Crippen LogP contribution < -0.4 is 0 Å². The molecule has 0 amide bonds. The Morgan fingerprint density at radius 1 is 1.10 bits per heavy atom. The number of carbonyl (C=O) groups excluding carboxylic acids is 1. The first-order valence-electron chi connectivity index (χ1n) is 7.87. The molecule has 0 heterocycles. The highest BCUT2D eigenvalue weighted by Crippen LogP contribution is 2.28. The molecule has 0 N–H and O–H groups in total. The van der Waals surface area contributed by atoms with Gasteiger partial charge in [0.1, 0.15) is 5.60 Å². The van der Waals surface area contributed by atoms with Crippen LogP contribution in [0.2, 0.25) is 18.1 Å². The van der Waals surface area contributed by atoms with E-state index in [1.54, 1.807) is 6.08 Å². The van der Waals surface area contributed by atoms with E-state index in [2.05, 4.69) is 20.8 Å². The lowest BCUT2D eigenvalue weighted by atomic mass is 10.0. The summed E-state index contributed by atoms with van der Waals surface area (Å²) in [5, 5.41) is 0. The standard InChI is InChI=1S/C18H28O2Si/c1-6-21(7-2,8-3)20-18(4,5)17(19)15-14-16-12-10-9-11-13-16/h9-15H,6-8H2,1-5H3/b15-14+. The van der Waals surface area contributed by atoms with Gasteiger partial charge in [-0.2, -0.15) is 0 Å². The summed E-state index contributed by atoms with van der Waals surface area (Å²) in [6.45, 7) is 10.3. The third-order valence-corrected chi connectivity index (χ3v) is 9.03. The van der Waals surface area contributed by atoms with Gasteiger partial charge in [0.05, 0.1) is 0 Å². The topological polar surface area (TPSA) is 26.3 Å². The molecule has 2 nitrogen and oxygen atoms in total. The number of ketones is 1. The minimum atomic E-state index is -1.78. The maximum atomic E-state index is 12.5. The number of carbonyl (C=O) groups is 1. The Bertz CT molecular complexity index is 465. The van der Waals surface area contributed by atoms with Gasteiger partial charge in [-0.25, -0.2) is 0 Å². The van der Waals surface area contributed by atoms with Crippen LogP contribution in [0.1, 0.15) is 40.2 Å². The van der Waals surface area contributed by atoms with Gasteiger partial charge in [-0.3, -0.25) is 4.79 Å². The van der Waals surface area contributed by atoms with Crippen LogP contribution >= 0.6 is 0 Å². The second-order valence-corrected chi connectivity index (χ2v) is 10.7. The molecule has 0 aliphatic carbocycles. The first-order chi connectivity index (χ1) is 9.89. The lowest BCUT2D eigenvalue weighted by Crippen LogP contribution is -2.47. The SMILES string of the molecule is CC[Si](CC)(CC)OC(C)(C)C(=O)/C=C/c1ccccc1. The molecule has 0 aromatic heterocycles. The molecule has 3 heteroatoms. The number of hydrogen-bond acceptors (Lipinski definition) is 2. The second kappa shape index (κ2) is 7.71. The van der Waals surface area contributed by atoms with E-state index in [1.165, 1.54) is 0 Å². The molecule has 0 unspecified atom stereocenters. The summed E-state index contributed by atoms with van der Waals surface area (Å²) in [6.07, 6.45) is 3.51. The fourth-order valence-corrected chi connectivity index (χ4v) is 5.61. The predicted molar refractivity (Wildman–Crippen MR) is 92.8 cm³/mol. The molecule has 0 fully saturated rings. The molecular formula is C18H28O2Si. The Hall–Kier alpha value is -1.19. The van der Waals surface area contributed by atoms with E-state index >= 15 is 0 Å². The van der Waals surface area contributed by atoms with Gasteiger partial charge in [-0.15, -0.1) is 0 Å². The van der Waals surface area contributed by atoms with Gasteiger partial charge in [0, 0.05) is 0 Å². The van der Waals surface area contributed by atoms with E-state index in [-0.39, 0.29) is 5.78 Å². The van der Waals surface area contributed by atoms with Gasteiger partial charge in [0.25, 0.3) is 0 Å². The zero-order valence-corrected chi connectivity index (χ0v) is 15.0. The van der Waals surface area contributed by atoms with Crippen molar-refractivity contribution in [2.24, 2.45) is 0 Å². The minimum absolute atomic E-state index is 0.0404. The van der Waals surface area contributed by atoms with Crippen molar-refractivity contribution in [2.75, 3.05) is 0 Å². The summed E-state index contributed by atoms with van der Waals surface area (Å²) in [4.78, 5) is 12.5. The normalized spacial score (nSPS) is 12.8. The van der Waals surface area contributed by atoms with Crippen molar-refractivity contribution >= 4 is 20.2 Å². The van der Waals surface area contributed by atoms with Gasteiger partial charge >= 0.3 is 0 Å². The van der Waals surface area contributed by atoms with Crippen molar-refractivity contribution < 1.29 is 9.22 Å². The zero-order chi connectivity index (χ0) is 15.9. The summed E-state index contributed by atoms with van der Waals surface area (Å²) < 4.78 is 6.36. The van der Waals surface area contributed by atoms with Gasteiger partial charge in [-0.1, -0.05) is 57.2 Å². The molecule has 21 heavy (non-hydrogen) atoms. The van der Waals surface area contributed by atoms with Crippen molar-refractivity contribution in [1.29, 1.82) is 0 Å². The molecule has 116 valence electrons. The molecular weight excluding hydrogens is 276 g/mol. The first-order valence-corrected chi connectivity index (χ1v) is 10.4. The molecule has 0 saturated heterocycles. The van der Waals surface area contributed by atoms with Crippen LogP contribution in [-0.2, 0) is 9.22 Å². The maximum Gasteiger partial charge on any atom is 0.193 e. The van der Waals surface area contributed by atoms with E-state index < -0.39 is 13.9 Å². The molecule has 1 aromatic rings. The third-order valence-electron chi connectivity index (χ3n) is 4.22. The van der Waals surface area contributed by atoms with Crippen molar-refractivity contribution in [2.45, 2.75) is 58.4 Å². The monoisotopic (exact) mass is 304 g/mol. The van der Waals surface area contributed by atoms with Crippen LogP contribution in [0.5, 0.6) is 0 Å².